The van der Waals surface area contributed by atoms with Crippen LogP contribution < -0.4 is 4.90 Å². The van der Waals surface area contributed by atoms with Crippen molar-refractivity contribution in [3.63, 3.8) is 0 Å². The summed E-state index contributed by atoms with van der Waals surface area (Å²) >= 11 is 6.43. The molecule has 4 rings (SSSR count). The third-order valence-corrected chi connectivity index (χ3v) is 5.04. The third-order valence-electron chi connectivity index (χ3n) is 4.69. The lowest BCUT2D eigenvalue weighted by molar-refractivity contribution is -0.118. The number of amides is 1. The van der Waals surface area contributed by atoms with E-state index < -0.39 is 0 Å². The highest BCUT2D eigenvalue weighted by Gasteiger charge is 2.32. The fourth-order valence-corrected chi connectivity index (χ4v) is 3.78. The first-order chi connectivity index (χ1) is 11.2. The van der Waals surface area contributed by atoms with Crippen molar-refractivity contribution in [1.82, 2.24) is 0 Å². The molecule has 1 aliphatic heterocycles. The van der Waals surface area contributed by atoms with Gasteiger partial charge in [0, 0.05) is 30.1 Å². The fourth-order valence-electron chi connectivity index (χ4n) is 3.51. The number of rotatable bonds is 1. The van der Waals surface area contributed by atoms with E-state index in [0.717, 1.165) is 11.3 Å². The third kappa shape index (κ3) is 2.22. The average molecular weight is 322 g/mol. The van der Waals surface area contributed by atoms with Crippen LogP contribution in [0.4, 0.5) is 5.69 Å². The zero-order chi connectivity index (χ0) is 16.0. The molecule has 0 saturated carbocycles. The predicted molar refractivity (Wildman–Crippen MR) is 95.3 cm³/mol. The summed E-state index contributed by atoms with van der Waals surface area (Å²) in [5, 5.41) is 3.09. The van der Waals surface area contributed by atoms with Gasteiger partial charge in [-0.05, 0) is 34.0 Å². The Morgan fingerprint density at radius 3 is 2.57 bits per heavy atom. The number of nitrogens with zero attached hydrogens (tertiary/aromatic N) is 1. The standard InChI is InChI=1S/C20H16ClNO/c1-22-18-11-10-13-6-2-3-7-14(13)20(18)16(12-19(22)23)15-8-4-5-9-17(15)21/h2-11,16H,12H2,1H3. The second-order valence-corrected chi connectivity index (χ2v) is 6.36. The van der Waals surface area contributed by atoms with Crippen LogP contribution in [-0.4, -0.2) is 13.0 Å². The smallest absolute Gasteiger partial charge is 0.227 e. The Morgan fingerprint density at radius 2 is 1.74 bits per heavy atom. The van der Waals surface area contributed by atoms with E-state index in [1.807, 2.05) is 49.5 Å². The first-order valence-electron chi connectivity index (χ1n) is 7.69. The highest BCUT2D eigenvalue weighted by molar-refractivity contribution is 6.31. The maximum absolute atomic E-state index is 12.5. The molecule has 0 radical (unpaired) electrons. The van der Waals surface area contributed by atoms with Crippen molar-refractivity contribution in [3.05, 3.63) is 76.8 Å². The van der Waals surface area contributed by atoms with Crippen LogP contribution in [-0.2, 0) is 4.79 Å². The van der Waals surface area contributed by atoms with E-state index in [1.165, 1.54) is 16.3 Å². The number of benzene rings is 3. The number of carbonyl (C=O) groups is 1. The summed E-state index contributed by atoms with van der Waals surface area (Å²) in [5.41, 5.74) is 3.19. The van der Waals surface area contributed by atoms with Crippen LogP contribution in [0.2, 0.25) is 5.02 Å². The van der Waals surface area contributed by atoms with Gasteiger partial charge in [-0.3, -0.25) is 4.79 Å². The topological polar surface area (TPSA) is 20.3 Å². The second kappa shape index (κ2) is 5.39. The van der Waals surface area contributed by atoms with Crippen LogP contribution in [0.5, 0.6) is 0 Å². The van der Waals surface area contributed by atoms with E-state index >= 15 is 0 Å². The van der Waals surface area contributed by atoms with Crippen molar-refractivity contribution in [2.75, 3.05) is 11.9 Å². The van der Waals surface area contributed by atoms with Crippen LogP contribution in [0, 0.1) is 0 Å². The van der Waals surface area contributed by atoms with Crippen molar-refractivity contribution in [2.45, 2.75) is 12.3 Å². The number of carbonyl (C=O) groups excluding carboxylic acids is 1. The number of anilines is 1. The van der Waals surface area contributed by atoms with Gasteiger partial charge in [-0.25, -0.2) is 0 Å². The molecule has 1 unspecified atom stereocenters. The summed E-state index contributed by atoms with van der Waals surface area (Å²) in [6.07, 6.45) is 0.446. The Morgan fingerprint density at radius 1 is 1.00 bits per heavy atom. The van der Waals surface area contributed by atoms with E-state index in [1.54, 1.807) is 4.90 Å². The molecule has 1 atom stereocenters. The predicted octanol–water partition coefficient (Wildman–Crippen LogP) is 4.99. The van der Waals surface area contributed by atoms with Gasteiger partial charge in [0.25, 0.3) is 0 Å². The van der Waals surface area contributed by atoms with Gasteiger partial charge in [0.1, 0.15) is 0 Å². The second-order valence-electron chi connectivity index (χ2n) is 5.95. The molecule has 0 aromatic heterocycles. The largest absolute Gasteiger partial charge is 0.315 e. The van der Waals surface area contributed by atoms with E-state index in [-0.39, 0.29) is 11.8 Å². The zero-order valence-electron chi connectivity index (χ0n) is 12.8. The van der Waals surface area contributed by atoms with Gasteiger partial charge < -0.3 is 4.90 Å². The zero-order valence-corrected chi connectivity index (χ0v) is 13.5. The molecule has 0 bridgehead atoms. The van der Waals surface area contributed by atoms with Gasteiger partial charge in [0.2, 0.25) is 5.91 Å². The van der Waals surface area contributed by atoms with Crippen molar-refractivity contribution in [1.29, 1.82) is 0 Å². The molecule has 23 heavy (non-hydrogen) atoms. The summed E-state index contributed by atoms with van der Waals surface area (Å²) in [7, 11) is 1.85. The lowest BCUT2D eigenvalue weighted by Crippen LogP contribution is -2.33. The van der Waals surface area contributed by atoms with E-state index in [0.29, 0.717) is 11.4 Å². The maximum Gasteiger partial charge on any atom is 0.227 e. The van der Waals surface area contributed by atoms with Crippen LogP contribution in [0.25, 0.3) is 10.8 Å². The van der Waals surface area contributed by atoms with Gasteiger partial charge in [-0.15, -0.1) is 0 Å². The lowest BCUT2D eigenvalue weighted by Gasteiger charge is -2.33. The van der Waals surface area contributed by atoms with Crippen LogP contribution >= 0.6 is 11.6 Å². The van der Waals surface area contributed by atoms with E-state index in [4.69, 9.17) is 11.6 Å². The van der Waals surface area contributed by atoms with Crippen molar-refractivity contribution >= 4 is 34.0 Å². The Kier molecular flexibility index (Phi) is 3.35. The molecule has 3 aromatic rings. The average Bonchev–Trinajstić information content (AvgIpc) is 2.58. The minimum atomic E-state index is -0.00602. The molecular weight excluding hydrogens is 306 g/mol. The van der Waals surface area contributed by atoms with Gasteiger partial charge in [0.15, 0.2) is 0 Å². The Labute approximate surface area is 140 Å². The summed E-state index contributed by atoms with van der Waals surface area (Å²) < 4.78 is 0. The normalized spacial score (nSPS) is 17.4. The minimum absolute atomic E-state index is 0.00602. The number of fused-ring (bicyclic) bond motifs is 3. The Hall–Kier alpha value is -2.32. The minimum Gasteiger partial charge on any atom is -0.315 e. The summed E-state index contributed by atoms with van der Waals surface area (Å²) in [5.74, 6) is 0.117. The number of hydrogen-bond donors (Lipinski definition) is 0. The lowest BCUT2D eigenvalue weighted by atomic mass is 9.81. The molecule has 3 aromatic carbocycles. The van der Waals surface area contributed by atoms with Crippen molar-refractivity contribution < 1.29 is 4.79 Å². The van der Waals surface area contributed by atoms with Crippen molar-refractivity contribution in [3.8, 4) is 0 Å². The van der Waals surface area contributed by atoms with E-state index in [2.05, 4.69) is 18.2 Å². The molecule has 2 nitrogen and oxygen atoms in total. The van der Waals surface area contributed by atoms with Crippen LogP contribution in [0.3, 0.4) is 0 Å². The van der Waals surface area contributed by atoms with Gasteiger partial charge in [-0.1, -0.05) is 60.1 Å². The monoisotopic (exact) mass is 321 g/mol. The molecule has 0 aliphatic carbocycles. The molecular formula is C20H16ClNO. The molecule has 0 spiro atoms. The van der Waals surface area contributed by atoms with E-state index in [9.17, 15) is 4.79 Å². The number of halogens is 1. The molecule has 0 N–H and O–H groups in total. The first-order valence-corrected chi connectivity index (χ1v) is 8.07. The molecule has 0 fully saturated rings. The molecule has 1 amide bonds. The Balaban J connectivity index is 2.04. The van der Waals surface area contributed by atoms with Gasteiger partial charge in [-0.2, -0.15) is 0 Å². The molecule has 3 heteroatoms. The quantitative estimate of drug-likeness (QED) is 0.618. The molecule has 1 heterocycles. The fraction of sp³-hybridized carbons (Fsp3) is 0.150. The highest BCUT2D eigenvalue weighted by Crippen LogP contribution is 2.44. The first kappa shape index (κ1) is 14.3. The highest BCUT2D eigenvalue weighted by atomic mass is 35.5. The van der Waals surface area contributed by atoms with Crippen LogP contribution in [0.15, 0.2) is 60.7 Å². The summed E-state index contributed by atoms with van der Waals surface area (Å²) in [6.45, 7) is 0. The van der Waals surface area contributed by atoms with Crippen LogP contribution in [0.1, 0.15) is 23.5 Å². The molecule has 1 aliphatic rings. The SMILES string of the molecule is CN1C(=O)CC(c2ccccc2Cl)c2c1ccc1ccccc21. The van der Waals surface area contributed by atoms with Gasteiger partial charge in [0.05, 0.1) is 0 Å². The summed E-state index contributed by atoms with van der Waals surface area (Å²) in [4.78, 5) is 14.2. The molecule has 0 saturated heterocycles. The van der Waals surface area contributed by atoms with Gasteiger partial charge >= 0.3 is 0 Å². The number of hydrogen-bond acceptors (Lipinski definition) is 1. The maximum atomic E-state index is 12.5. The summed E-state index contributed by atoms with van der Waals surface area (Å²) in [6, 6.07) is 20.3. The Bertz CT molecular complexity index is 918. The van der Waals surface area contributed by atoms with Crippen molar-refractivity contribution in [2.24, 2.45) is 0 Å². The molecule has 114 valence electrons.